The highest BCUT2D eigenvalue weighted by Gasteiger charge is 2.40. The summed E-state index contributed by atoms with van der Waals surface area (Å²) >= 11 is 1.57. The number of nitrogens with one attached hydrogen (secondary N) is 1. The molecule has 1 saturated heterocycles. The van der Waals surface area contributed by atoms with Gasteiger partial charge in [-0.2, -0.15) is 0 Å². The lowest BCUT2D eigenvalue weighted by Crippen LogP contribution is -2.48. The van der Waals surface area contributed by atoms with Crippen LogP contribution in [0.15, 0.2) is 35.7 Å². The number of rotatable bonds is 6. The van der Waals surface area contributed by atoms with E-state index in [1.54, 1.807) is 11.3 Å². The average Bonchev–Trinajstić information content (AvgIpc) is 3.12. The van der Waals surface area contributed by atoms with Gasteiger partial charge in [0.1, 0.15) is 0 Å². The highest BCUT2D eigenvalue weighted by Crippen LogP contribution is 2.39. The molecule has 0 unspecified atom stereocenters. The van der Waals surface area contributed by atoms with Crippen LogP contribution in [0.4, 0.5) is 0 Å². The molecule has 1 saturated carbocycles. The van der Waals surface area contributed by atoms with Crippen LogP contribution in [0, 0.1) is 6.92 Å². The van der Waals surface area contributed by atoms with E-state index in [1.807, 2.05) is 18.4 Å². The molecule has 7 heteroatoms. The number of morpholine rings is 1. The van der Waals surface area contributed by atoms with Crippen LogP contribution in [0.3, 0.4) is 0 Å². The van der Waals surface area contributed by atoms with E-state index in [9.17, 15) is 9.90 Å². The SMILES string of the molecule is Cc1nc(CC(=O)NC[C@]2(c3ccccc3)CC[C@@H](O)[C@H](N3CCOCC3)CC2)cs1. The number of hydrogen-bond donors (Lipinski definition) is 2. The van der Waals surface area contributed by atoms with Crippen molar-refractivity contribution in [2.45, 2.75) is 56.6 Å². The summed E-state index contributed by atoms with van der Waals surface area (Å²) in [4.78, 5) is 19.5. The normalized spacial score (nSPS) is 27.5. The number of hydrogen-bond acceptors (Lipinski definition) is 6. The second-order valence-corrected chi connectivity index (χ2v) is 9.88. The molecule has 2 aromatic rings. The summed E-state index contributed by atoms with van der Waals surface area (Å²) in [6.45, 7) is 5.77. The largest absolute Gasteiger partial charge is 0.391 e. The zero-order valence-corrected chi connectivity index (χ0v) is 19.1. The van der Waals surface area contributed by atoms with Crippen LogP contribution in [-0.4, -0.2) is 65.9 Å². The molecule has 1 aromatic heterocycles. The zero-order chi connectivity index (χ0) is 21.7. The van der Waals surface area contributed by atoms with Gasteiger partial charge in [0.15, 0.2) is 0 Å². The number of carbonyl (C=O) groups is 1. The average molecular weight is 444 g/mol. The third-order valence-corrected chi connectivity index (χ3v) is 7.64. The number of thiazole rings is 1. The summed E-state index contributed by atoms with van der Waals surface area (Å²) in [6.07, 6.45) is 3.41. The Morgan fingerprint density at radius 1 is 1.26 bits per heavy atom. The number of aliphatic hydroxyl groups excluding tert-OH is 1. The van der Waals surface area contributed by atoms with Gasteiger partial charge < -0.3 is 15.2 Å². The molecule has 0 spiro atoms. The maximum atomic E-state index is 12.7. The van der Waals surface area contributed by atoms with Crippen LogP contribution < -0.4 is 5.32 Å². The number of ether oxygens (including phenoxy) is 1. The Morgan fingerprint density at radius 2 is 2.00 bits per heavy atom. The molecule has 0 bridgehead atoms. The van der Waals surface area contributed by atoms with Gasteiger partial charge in [-0.1, -0.05) is 30.3 Å². The van der Waals surface area contributed by atoms with E-state index in [0.29, 0.717) is 13.0 Å². The van der Waals surface area contributed by atoms with Crippen molar-refractivity contribution in [2.75, 3.05) is 32.8 Å². The Morgan fingerprint density at radius 3 is 2.71 bits per heavy atom. The van der Waals surface area contributed by atoms with E-state index in [0.717, 1.165) is 62.7 Å². The van der Waals surface area contributed by atoms with E-state index in [4.69, 9.17) is 4.74 Å². The summed E-state index contributed by atoms with van der Waals surface area (Å²) < 4.78 is 5.51. The summed E-state index contributed by atoms with van der Waals surface area (Å²) in [5, 5.41) is 17.1. The molecule has 4 rings (SSSR count). The van der Waals surface area contributed by atoms with Crippen molar-refractivity contribution in [2.24, 2.45) is 0 Å². The zero-order valence-electron chi connectivity index (χ0n) is 18.3. The van der Waals surface area contributed by atoms with Crippen molar-refractivity contribution < 1.29 is 14.6 Å². The number of aliphatic hydroxyl groups is 1. The minimum Gasteiger partial charge on any atom is -0.391 e. The molecule has 1 amide bonds. The van der Waals surface area contributed by atoms with Gasteiger partial charge in [0.25, 0.3) is 0 Å². The quantitative estimate of drug-likeness (QED) is 0.672. The summed E-state index contributed by atoms with van der Waals surface area (Å²) in [5.74, 6) is 0.00938. The molecule has 1 aliphatic heterocycles. The number of carbonyl (C=O) groups excluding carboxylic acids is 1. The fourth-order valence-electron chi connectivity index (χ4n) is 5.04. The summed E-state index contributed by atoms with van der Waals surface area (Å²) in [7, 11) is 0. The Kier molecular flexibility index (Phi) is 7.38. The lowest BCUT2D eigenvalue weighted by molar-refractivity contribution is -0.120. The van der Waals surface area contributed by atoms with Gasteiger partial charge in [0.05, 0.1) is 36.4 Å². The highest BCUT2D eigenvalue weighted by molar-refractivity contribution is 7.09. The first kappa shape index (κ1) is 22.4. The van der Waals surface area contributed by atoms with Gasteiger partial charge in [0, 0.05) is 36.5 Å². The molecule has 2 N–H and O–H groups in total. The van der Waals surface area contributed by atoms with E-state index in [-0.39, 0.29) is 23.5 Å². The predicted molar refractivity (Wildman–Crippen MR) is 122 cm³/mol. The van der Waals surface area contributed by atoms with Gasteiger partial charge in [0.2, 0.25) is 5.91 Å². The smallest absolute Gasteiger partial charge is 0.226 e. The van der Waals surface area contributed by atoms with Gasteiger partial charge in [-0.15, -0.1) is 11.3 Å². The van der Waals surface area contributed by atoms with Gasteiger partial charge >= 0.3 is 0 Å². The molecule has 2 heterocycles. The van der Waals surface area contributed by atoms with Crippen molar-refractivity contribution in [3.63, 3.8) is 0 Å². The lowest BCUT2D eigenvalue weighted by atomic mass is 9.74. The third-order valence-electron chi connectivity index (χ3n) is 6.81. The van der Waals surface area contributed by atoms with Crippen LogP contribution in [0.5, 0.6) is 0 Å². The fraction of sp³-hybridized carbons (Fsp3) is 0.583. The topological polar surface area (TPSA) is 74.7 Å². The van der Waals surface area contributed by atoms with Crippen molar-refractivity contribution in [1.82, 2.24) is 15.2 Å². The predicted octanol–water partition coefficient (Wildman–Crippen LogP) is 2.68. The molecule has 0 radical (unpaired) electrons. The fourth-order valence-corrected chi connectivity index (χ4v) is 5.65. The second-order valence-electron chi connectivity index (χ2n) is 8.82. The van der Waals surface area contributed by atoms with Crippen LogP contribution in [0.25, 0.3) is 0 Å². The number of aromatic nitrogens is 1. The Bertz CT molecular complexity index is 853. The van der Waals surface area contributed by atoms with Crippen molar-refractivity contribution in [3.05, 3.63) is 52.0 Å². The van der Waals surface area contributed by atoms with Crippen LogP contribution in [0.1, 0.15) is 41.9 Å². The second kappa shape index (κ2) is 10.2. The van der Waals surface area contributed by atoms with Crippen molar-refractivity contribution >= 4 is 17.2 Å². The molecular formula is C24H33N3O3S. The minimum atomic E-state index is -0.350. The van der Waals surface area contributed by atoms with Crippen LogP contribution in [0.2, 0.25) is 0 Å². The first-order chi connectivity index (χ1) is 15.1. The van der Waals surface area contributed by atoms with Crippen molar-refractivity contribution in [1.29, 1.82) is 0 Å². The number of amides is 1. The lowest BCUT2D eigenvalue weighted by Gasteiger charge is -2.37. The first-order valence-corrected chi connectivity index (χ1v) is 12.2. The molecule has 1 aliphatic carbocycles. The minimum absolute atomic E-state index is 0.00938. The van der Waals surface area contributed by atoms with Gasteiger partial charge in [-0.05, 0) is 38.2 Å². The highest BCUT2D eigenvalue weighted by atomic mass is 32.1. The molecule has 2 fully saturated rings. The summed E-state index contributed by atoms with van der Waals surface area (Å²) in [5.41, 5.74) is 1.91. The Balaban J connectivity index is 1.48. The molecule has 6 nitrogen and oxygen atoms in total. The van der Waals surface area contributed by atoms with Gasteiger partial charge in [-0.3, -0.25) is 9.69 Å². The molecule has 31 heavy (non-hydrogen) atoms. The monoisotopic (exact) mass is 443 g/mol. The first-order valence-electron chi connectivity index (χ1n) is 11.3. The van der Waals surface area contributed by atoms with E-state index in [2.05, 4.69) is 39.5 Å². The number of benzene rings is 1. The van der Waals surface area contributed by atoms with E-state index < -0.39 is 0 Å². The molecule has 1 aromatic carbocycles. The molecule has 3 atom stereocenters. The Hall–Kier alpha value is -1.80. The van der Waals surface area contributed by atoms with E-state index in [1.165, 1.54) is 5.56 Å². The molecule has 168 valence electrons. The van der Waals surface area contributed by atoms with Crippen LogP contribution in [-0.2, 0) is 21.4 Å². The van der Waals surface area contributed by atoms with E-state index >= 15 is 0 Å². The maximum absolute atomic E-state index is 12.7. The third kappa shape index (κ3) is 5.52. The van der Waals surface area contributed by atoms with Crippen molar-refractivity contribution in [3.8, 4) is 0 Å². The van der Waals surface area contributed by atoms with Gasteiger partial charge in [-0.25, -0.2) is 4.98 Å². The molecule has 2 aliphatic rings. The number of aryl methyl sites for hydroxylation is 1. The van der Waals surface area contributed by atoms with Crippen LogP contribution >= 0.6 is 11.3 Å². The molecular weight excluding hydrogens is 410 g/mol. The summed E-state index contributed by atoms with van der Waals surface area (Å²) in [6, 6.07) is 10.6. The maximum Gasteiger partial charge on any atom is 0.226 e. The number of nitrogens with zero attached hydrogens (tertiary/aromatic N) is 2. The Labute approximate surface area is 188 Å². The standard InChI is InChI=1S/C24H33N3O3S/c1-18-26-20(16-31-18)15-23(29)25-17-24(19-5-3-2-4-6-19)9-7-21(22(28)8-10-24)27-11-13-30-14-12-27/h2-6,16,21-22,28H,7-15,17H2,1H3,(H,25,29)/t21-,22-,24-/m1/s1.